The van der Waals surface area contributed by atoms with Crippen LogP contribution >= 0.6 is 27.5 Å². The van der Waals surface area contributed by atoms with Gasteiger partial charge in [0.05, 0.1) is 7.11 Å². The summed E-state index contributed by atoms with van der Waals surface area (Å²) in [6.07, 6.45) is 0.680. The van der Waals surface area contributed by atoms with Crippen molar-refractivity contribution in [3.05, 3.63) is 62.6 Å². The summed E-state index contributed by atoms with van der Waals surface area (Å²) < 4.78 is 6.40. The van der Waals surface area contributed by atoms with Crippen LogP contribution in [-0.2, 0) is 6.42 Å². The van der Waals surface area contributed by atoms with Crippen molar-refractivity contribution in [3.63, 3.8) is 0 Å². The van der Waals surface area contributed by atoms with E-state index in [9.17, 15) is 0 Å². The molecule has 0 heterocycles. The first kappa shape index (κ1) is 15.4. The number of hydrogen-bond acceptors (Lipinski definition) is 2. The van der Waals surface area contributed by atoms with E-state index >= 15 is 0 Å². The Labute approximate surface area is 133 Å². The van der Waals surface area contributed by atoms with Crippen molar-refractivity contribution in [3.8, 4) is 5.75 Å². The molecule has 20 heavy (non-hydrogen) atoms. The van der Waals surface area contributed by atoms with Crippen molar-refractivity contribution < 1.29 is 4.74 Å². The molecule has 0 amide bonds. The average Bonchev–Trinajstić information content (AvgIpc) is 2.37. The highest BCUT2D eigenvalue weighted by Gasteiger charge is 2.12. The lowest BCUT2D eigenvalue weighted by molar-refractivity contribution is 0.408. The maximum Gasteiger partial charge on any atom is 0.122 e. The molecule has 2 aromatic rings. The van der Waals surface area contributed by atoms with Crippen LogP contribution in [0.3, 0.4) is 0 Å². The number of methoxy groups -OCH3 is 1. The third-order valence-electron chi connectivity index (χ3n) is 3.17. The number of halogens is 2. The predicted octanol–water partition coefficient (Wildman–Crippen LogP) is 4.66. The third kappa shape index (κ3) is 3.75. The van der Waals surface area contributed by atoms with E-state index in [-0.39, 0.29) is 6.04 Å². The summed E-state index contributed by atoms with van der Waals surface area (Å²) in [7, 11) is 1.65. The van der Waals surface area contributed by atoms with E-state index in [1.54, 1.807) is 7.11 Å². The standard InChI is InChI=1S/C16H17BrClNO/c1-10-5-11(7-13(17)6-10)15(19)9-12-8-14(18)3-4-16(12)20-2/h3-8,15H,9,19H2,1-2H3. The van der Waals surface area contributed by atoms with Crippen LogP contribution in [0.4, 0.5) is 0 Å². The lowest BCUT2D eigenvalue weighted by Crippen LogP contribution is -2.14. The van der Waals surface area contributed by atoms with Gasteiger partial charge in [-0.2, -0.15) is 0 Å². The normalized spacial score (nSPS) is 12.2. The van der Waals surface area contributed by atoms with Gasteiger partial charge in [-0.05, 0) is 60.4 Å². The molecule has 2 N–H and O–H groups in total. The van der Waals surface area contributed by atoms with Crippen LogP contribution in [0.25, 0.3) is 0 Å². The SMILES string of the molecule is COc1ccc(Cl)cc1CC(N)c1cc(C)cc(Br)c1. The van der Waals surface area contributed by atoms with Crippen LogP contribution in [0.1, 0.15) is 22.7 Å². The van der Waals surface area contributed by atoms with Crippen LogP contribution in [0.15, 0.2) is 40.9 Å². The van der Waals surface area contributed by atoms with Gasteiger partial charge in [-0.3, -0.25) is 0 Å². The van der Waals surface area contributed by atoms with Gasteiger partial charge in [0, 0.05) is 15.5 Å². The molecule has 0 aliphatic rings. The summed E-state index contributed by atoms with van der Waals surface area (Å²) in [5.41, 5.74) is 9.62. The van der Waals surface area contributed by atoms with E-state index in [1.165, 1.54) is 5.56 Å². The Bertz CT molecular complexity index is 595. The molecule has 0 spiro atoms. The highest BCUT2D eigenvalue weighted by atomic mass is 79.9. The Morgan fingerprint density at radius 1 is 1.25 bits per heavy atom. The van der Waals surface area contributed by atoms with E-state index in [1.807, 2.05) is 18.2 Å². The summed E-state index contributed by atoms with van der Waals surface area (Å²) >= 11 is 9.55. The molecule has 2 aromatic carbocycles. The molecule has 0 aromatic heterocycles. The number of nitrogens with two attached hydrogens (primary N) is 1. The van der Waals surface area contributed by atoms with Crippen molar-refractivity contribution in [2.24, 2.45) is 5.73 Å². The largest absolute Gasteiger partial charge is 0.496 e. The smallest absolute Gasteiger partial charge is 0.122 e. The van der Waals surface area contributed by atoms with Crippen LogP contribution in [0, 0.1) is 6.92 Å². The molecular formula is C16H17BrClNO. The highest BCUT2D eigenvalue weighted by molar-refractivity contribution is 9.10. The highest BCUT2D eigenvalue weighted by Crippen LogP contribution is 2.28. The topological polar surface area (TPSA) is 35.2 Å². The zero-order valence-electron chi connectivity index (χ0n) is 11.5. The second-order valence-corrected chi connectivity index (χ2v) is 6.18. The Kier molecular flexibility index (Phi) is 5.08. The monoisotopic (exact) mass is 353 g/mol. The Hall–Kier alpha value is -1.03. The molecule has 2 nitrogen and oxygen atoms in total. The molecule has 0 bridgehead atoms. The summed E-state index contributed by atoms with van der Waals surface area (Å²) in [6.45, 7) is 2.06. The number of ether oxygens (including phenoxy) is 1. The number of hydrogen-bond donors (Lipinski definition) is 1. The molecule has 2 rings (SSSR count). The minimum Gasteiger partial charge on any atom is -0.496 e. The van der Waals surface area contributed by atoms with Gasteiger partial charge in [-0.1, -0.05) is 33.6 Å². The van der Waals surface area contributed by atoms with E-state index < -0.39 is 0 Å². The zero-order chi connectivity index (χ0) is 14.7. The lowest BCUT2D eigenvalue weighted by atomic mass is 9.98. The quantitative estimate of drug-likeness (QED) is 0.866. The molecule has 0 aliphatic carbocycles. The number of aryl methyl sites for hydroxylation is 1. The van der Waals surface area contributed by atoms with Gasteiger partial charge in [-0.25, -0.2) is 0 Å². The number of benzene rings is 2. The van der Waals surface area contributed by atoms with Crippen molar-refractivity contribution in [2.45, 2.75) is 19.4 Å². The number of rotatable bonds is 4. The van der Waals surface area contributed by atoms with Gasteiger partial charge in [-0.15, -0.1) is 0 Å². The molecule has 0 saturated heterocycles. The predicted molar refractivity (Wildman–Crippen MR) is 87.5 cm³/mol. The van der Waals surface area contributed by atoms with E-state index in [2.05, 4.69) is 41.1 Å². The van der Waals surface area contributed by atoms with Crippen molar-refractivity contribution in [1.82, 2.24) is 0 Å². The van der Waals surface area contributed by atoms with Gasteiger partial charge >= 0.3 is 0 Å². The first-order valence-corrected chi connectivity index (χ1v) is 7.52. The van der Waals surface area contributed by atoms with Gasteiger partial charge in [0.1, 0.15) is 5.75 Å². The van der Waals surface area contributed by atoms with Gasteiger partial charge in [0.2, 0.25) is 0 Å². The van der Waals surface area contributed by atoms with Crippen LogP contribution in [-0.4, -0.2) is 7.11 Å². The molecule has 1 unspecified atom stereocenters. The van der Waals surface area contributed by atoms with Crippen LogP contribution in [0.5, 0.6) is 5.75 Å². The first-order valence-electron chi connectivity index (χ1n) is 6.34. The van der Waals surface area contributed by atoms with Gasteiger partial charge in [0.15, 0.2) is 0 Å². The van der Waals surface area contributed by atoms with E-state index in [4.69, 9.17) is 22.1 Å². The lowest BCUT2D eigenvalue weighted by Gasteiger charge is -2.16. The molecular weight excluding hydrogens is 338 g/mol. The molecule has 0 saturated carbocycles. The van der Waals surface area contributed by atoms with Crippen molar-refractivity contribution in [2.75, 3.05) is 7.11 Å². The summed E-state index contributed by atoms with van der Waals surface area (Å²) in [4.78, 5) is 0. The molecule has 1 atom stereocenters. The fourth-order valence-electron chi connectivity index (χ4n) is 2.24. The fraction of sp³-hybridized carbons (Fsp3) is 0.250. The van der Waals surface area contributed by atoms with Gasteiger partial charge in [0.25, 0.3) is 0 Å². The molecule has 0 aliphatic heterocycles. The second-order valence-electron chi connectivity index (χ2n) is 4.83. The average molecular weight is 355 g/mol. The minimum absolute atomic E-state index is 0.0985. The minimum atomic E-state index is -0.0985. The molecule has 0 radical (unpaired) electrons. The summed E-state index contributed by atoms with van der Waals surface area (Å²) in [6, 6.07) is 11.7. The summed E-state index contributed by atoms with van der Waals surface area (Å²) in [5.74, 6) is 0.816. The maximum absolute atomic E-state index is 6.32. The Balaban J connectivity index is 2.27. The Morgan fingerprint density at radius 3 is 2.65 bits per heavy atom. The summed E-state index contributed by atoms with van der Waals surface area (Å²) in [5, 5.41) is 0.693. The van der Waals surface area contributed by atoms with Gasteiger partial charge < -0.3 is 10.5 Å². The van der Waals surface area contributed by atoms with E-state index in [0.717, 1.165) is 21.3 Å². The van der Waals surface area contributed by atoms with Crippen molar-refractivity contribution >= 4 is 27.5 Å². The van der Waals surface area contributed by atoms with Crippen LogP contribution < -0.4 is 10.5 Å². The second kappa shape index (κ2) is 6.61. The fourth-order valence-corrected chi connectivity index (χ4v) is 3.06. The zero-order valence-corrected chi connectivity index (χ0v) is 13.8. The Morgan fingerprint density at radius 2 is 2.00 bits per heavy atom. The van der Waals surface area contributed by atoms with E-state index in [0.29, 0.717) is 11.4 Å². The molecule has 106 valence electrons. The first-order chi connectivity index (χ1) is 9.49. The van der Waals surface area contributed by atoms with Crippen molar-refractivity contribution in [1.29, 1.82) is 0 Å². The third-order valence-corrected chi connectivity index (χ3v) is 3.87. The maximum atomic E-state index is 6.32. The van der Waals surface area contributed by atoms with Crippen LogP contribution in [0.2, 0.25) is 5.02 Å². The molecule has 4 heteroatoms. The molecule has 0 fully saturated rings.